The molecule has 0 heterocycles. The maximum absolute atomic E-state index is 11.1. The van der Waals surface area contributed by atoms with Crippen molar-refractivity contribution in [3.8, 4) is 0 Å². The number of Topliss-reactive ketones (excluding diaryl/α,β-unsaturated/α-hetero) is 1. The second kappa shape index (κ2) is 3.38. The second-order valence-electron chi connectivity index (χ2n) is 2.64. The van der Waals surface area contributed by atoms with Gasteiger partial charge in [-0.25, -0.2) is 0 Å². The third-order valence-electron chi connectivity index (χ3n) is 1.69. The van der Waals surface area contributed by atoms with E-state index in [2.05, 4.69) is 0 Å². The van der Waals surface area contributed by atoms with Gasteiger partial charge in [0, 0.05) is 12.0 Å². The molecule has 1 aromatic carbocycles. The van der Waals surface area contributed by atoms with Gasteiger partial charge in [0.2, 0.25) is 0 Å². The second-order valence-corrected chi connectivity index (χ2v) is 2.64. The summed E-state index contributed by atoms with van der Waals surface area (Å²) in [5.74, 6) is 0.213. The van der Waals surface area contributed by atoms with Crippen LogP contribution < -0.4 is 5.46 Å². The van der Waals surface area contributed by atoms with E-state index in [1.54, 1.807) is 0 Å². The van der Waals surface area contributed by atoms with Gasteiger partial charge in [0.15, 0.2) is 5.78 Å². The highest BCUT2D eigenvalue weighted by Crippen LogP contribution is 2.00. The lowest BCUT2D eigenvalue weighted by molar-refractivity contribution is 0.0988. The molecule has 0 atom stereocenters. The number of rotatable bonds is 2. The summed E-state index contributed by atoms with van der Waals surface area (Å²) in [5, 5.41) is 0. The molecule has 1 aromatic rings. The quantitative estimate of drug-likeness (QED) is 0.439. The largest absolute Gasteiger partial charge is 0.294 e. The number of benzene rings is 1. The van der Waals surface area contributed by atoms with E-state index in [9.17, 15) is 4.79 Å². The highest BCUT2D eigenvalue weighted by Gasteiger charge is 1.99. The summed E-state index contributed by atoms with van der Waals surface area (Å²) < 4.78 is 0. The van der Waals surface area contributed by atoms with Crippen molar-refractivity contribution in [3.63, 3.8) is 0 Å². The molecule has 0 unspecified atom stereocenters. The molecule has 0 aliphatic heterocycles. The first kappa shape index (κ1) is 8.06. The summed E-state index contributed by atoms with van der Waals surface area (Å²) >= 11 is 0. The Kier molecular flexibility index (Phi) is 2.47. The van der Waals surface area contributed by atoms with Crippen LogP contribution in [0.15, 0.2) is 24.3 Å². The van der Waals surface area contributed by atoms with E-state index in [1.807, 2.05) is 39.0 Å². The Hall–Kier alpha value is -1.05. The zero-order valence-corrected chi connectivity index (χ0v) is 6.92. The molecule has 0 fully saturated rings. The van der Waals surface area contributed by atoms with Crippen LogP contribution in [0.1, 0.15) is 23.7 Å². The first-order valence-electron chi connectivity index (χ1n) is 3.84. The highest BCUT2D eigenvalue weighted by molar-refractivity contribution is 6.32. The van der Waals surface area contributed by atoms with Gasteiger partial charge in [-0.1, -0.05) is 36.7 Å². The van der Waals surface area contributed by atoms with Crippen molar-refractivity contribution in [2.45, 2.75) is 13.3 Å². The van der Waals surface area contributed by atoms with Crippen LogP contribution in [0.5, 0.6) is 0 Å². The molecular formula is C9H11BO. The van der Waals surface area contributed by atoms with E-state index in [4.69, 9.17) is 0 Å². The van der Waals surface area contributed by atoms with E-state index < -0.39 is 0 Å². The van der Waals surface area contributed by atoms with Crippen LogP contribution in [0.4, 0.5) is 0 Å². The van der Waals surface area contributed by atoms with E-state index in [0.717, 1.165) is 5.56 Å². The average Bonchev–Trinajstić information content (AvgIpc) is 2.05. The summed E-state index contributed by atoms with van der Waals surface area (Å²) in [7, 11) is 2.01. The molecule has 0 aromatic heterocycles. The van der Waals surface area contributed by atoms with Gasteiger partial charge in [-0.3, -0.25) is 4.79 Å². The molecule has 1 nitrogen and oxygen atoms in total. The third-order valence-corrected chi connectivity index (χ3v) is 1.69. The smallest absolute Gasteiger partial charge is 0.162 e. The molecule has 0 radical (unpaired) electrons. The summed E-state index contributed by atoms with van der Waals surface area (Å²) in [4.78, 5) is 11.1. The molecule has 56 valence electrons. The number of carbonyl (C=O) groups is 1. The van der Waals surface area contributed by atoms with Gasteiger partial charge in [-0.05, 0) is 0 Å². The van der Waals surface area contributed by atoms with Gasteiger partial charge in [0.05, 0.1) is 0 Å². The first-order valence-corrected chi connectivity index (χ1v) is 3.84. The Morgan fingerprint density at radius 3 is 2.36 bits per heavy atom. The van der Waals surface area contributed by atoms with Gasteiger partial charge < -0.3 is 0 Å². The van der Waals surface area contributed by atoms with Gasteiger partial charge in [-0.2, -0.15) is 0 Å². The molecule has 11 heavy (non-hydrogen) atoms. The van der Waals surface area contributed by atoms with Crippen LogP contribution in [0.3, 0.4) is 0 Å². The van der Waals surface area contributed by atoms with Crippen LogP contribution in [-0.2, 0) is 0 Å². The Balaban J connectivity index is 2.90. The fourth-order valence-corrected chi connectivity index (χ4v) is 0.944. The molecule has 0 spiro atoms. The fraction of sp³-hybridized carbons (Fsp3) is 0.222. The minimum atomic E-state index is 0.213. The van der Waals surface area contributed by atoms with Crippen molar-refractivity contribution < 1.29 is 4.79 Å². The van der Waals surface area contributed by atoms with Crippen LogP contribution in [-0.4, -0.2) is 13.6 Å². The standard InChI is InChI=1S/C9H11BO/c1-2-9(11)7-3-5-8(10)6-4-7/h3-6H,2,10H2,1H3. The summed E-state index contributed by atoms with van der Waals surface area (Å²) in [6, 6.07) is 7.67. The Labute approximate surface area is 67.8 Å². The minimum absolute atomic E-state index is 0.213. The highest BCUT2D eigenvalue weighted by atomic mass is 16.1. The minimum Gasteiger partial charge on any atom is -0.294 e. The lowest BCUT2D eigenvalue weighted by Gasteiger charge is -1.96. The topological polar surface area (TPSA) is 17.1 Å². The van der Waals surface area contributed by atoms with Crippen LogP contribution in [0.2, 0.25) is 0 Å². The molecule has 0 aliphatic carbocycles. The van der Waals surface area contributed by atoms with Gasteiger partial charge in [0.25, 0.3) is 0 Å². The third kappa shape index (κ3) is 1.94. The van der Waals surface area contributed by atoms with Crippen LogP contribution >= 0.6 is 0 Å². The lowest BCUT2D eigenvalue weighted by Crippen LogP contribution is -2.03. The van der Waals surface area contributed by atoms with E-state index in [0.29, 0.717) is 6.42 Å². The average molecular weight is 146 g/mol. The van der Waals surface area contributed by atoms with E-state index in [-0.39, 0.29) is 5.78 Å². The molecule has 0 saturated heterocycles. The molecular weight excluding hydrogens is 135 g/mol. The molecule has 0 aliphatic rings. The molecule has 2 heteroatoms. The fourth-order valence-electron chi connectivity index (χ4n) is 0.944. The van der Waals surface area contributed by atoms with Gasteiger partial charge >= 0.3 is 0 Å². The van der Waals surface area contributed by atoms with Crippen molar-refractivity contribution in [1.29, 1.82) is 0 Å². The number of hydrogen-bond donors (Lipinski definition) is 0. The van der Waals surface area contributed by atoms with Crippen LogP contribution in [0, 0.1) is 0 Å². The van der Waals surface area contributed by atoms with Crippen LogP contribution in [0.25, 0.3) is 0 Å². The SMILES string of the molecule is Bc1ccc(C(=O)CC)cc1. The van der Waals surface area contributed by atoms with Gasteiger partial charge in [-0.15, -0.1) is 0 Å². The Morgan fingerprint density at radius 2 is 1.91 bits per heavy atom. The van der Waals surface area contributed by atoms with Crippen molar-refractivity contribution in [2.75, 3.05) is 0 Å². The van der Waals surface area contributed by atoms with Crippen molar-refractivity contribution in [1.82, 2.24) is 0 Å². The zero-order valence-electron chi connectivity index (χ0n) is 6.92. The maximum Gasteiger partial charge on any atom is 0.162 e. The van der Waals surface area contributed by atoms with E-state index >= 15 is 0 Å². The number of carbonyl (C=O) groups excluding carboxylic acids is 1. The summed E-state index contributed by atoms with van der Waals surface area (Å²) in [6.07, 6.45) is 0.586. The summed E-state index contributed by atoms with van der Waals surface area (Å²) in [5.41, 5.74) is 2.01. The zero-order chi connectivity index (χ0) is 8.27. The molecule has 1 rings (SSSR count). The monoisotopic (exact) mass is 146 g/mol. The lowest BCUT2D eigenvalue weighted by atomic mass is 9.94. The normalized spacial score (nSPS) is 9.55. The maximum atomic E-state index is 11.1. The first-order chi connectivity index (χ1) is 5.24. The predicted molar refractivity (Wildman–Crippen MR) is 49.2 cm³/mol. The Morgan fingerprint density at radius 1 is 1.36 bits per heavy atom. The summed E-state index contributed by atoms with van der Waals surface area (Å²) in [6.45, 7) is 1.88. The van der Waals surface area contributed by atoms with Crippen molar-refractivity contribution >= 4 is 19.1 Å². The number of ketones is 1. The molecule has 0 N–H and O–H groups in total. The number of hydrogen-bond acceptors (Lipinski definition) is 1. The molecule has 0 bridgehead atoms. The Bertz CT molecular complexity index is 251. The molecule has 0 saturated carbocycles. The van der Waals surface area contributed by atoms with Gasteiger partial charge in [0.1, 0.15) is 7.85 Å². The van der Waals surface area contributed by atoms with Crippen molar-refractivity contribution in [2.24, 2.45) is 0 Å². The predicted octanol–water partition coefficient (Wildman–Crippen LogP) is 0.538. The molecule has 0 amide bonds. The van der Waals surface area contributed by atoms with E-state index in [1.165, 1.54) is 5.46 Å². The van der Waals surface area contributed by atoms with Crippen molar-refractivity contribution in [3.05, 3.63) is 29.8 Å².